The van der Waals surface area contributed by atoms with Crippen LogP contribution in [0.25, 0.3) is 11.1 Å². The molecule has 1 fully saturated rings. The maximum Gasteiger partial charge on any atom is 0.0827 e. The van der Waals surface area contributed by atoms with Gasteiger partial charge in [0.05, 0.1) is 6.33 Å². The van der Waals surface area contributed by atoms with E-state index in [4.69, 9.17) is 0 Å². The number of benzene rings is 2. The van der Waals surface area contributed by atoms with Gasteiger partial charge in [0, 0.05) is 0 Å². The van der Waals surface area contributed by atoms with Crippen molar-refractivity contribution in [2.75, 3.05) is 0 Å². The standard InChI is InChI=1S/C28H37F/c1-2-3-4-5-8-23-10-14-25(15-11-23)27-18-20-28(21-19-27)26-16-12-24(13-17-26)9-6-7-22-29/h7,10-11,14-15,18-22,24,26H,2-6,8-9,12-13,16-17H2,1H3/b22-7+. The molecule has 0 atom stereocenters. The van der Waals surface area contributed by atoms with E-state index in [0.29, 0.717) is 12.2 Å². The number of hydrogen-bond donors (Lipinski definition) is 0. The van der Waals surface area contributed by atoms with Crippen molar-refractivity contribution in [2.45, 2.75) is 83.5 Å². The zero-order valence-corrected chi connectivity index (χ0v) is 18.1. The normalized spacial score (nSPS) is 19.7. The van der Waals surface area contributed by atoms with Gasteiger partial charge in [0.1, 0.15) is 0 Å². The second-order valence-electron chi connectivity index (χ2n) is 8.79. The van der Waals surface area contributed by atoms with Gasteiger partial charge in [0.25, 0.3) is 0 Å². The maximum absolute atomic E-state index is 12.1. The molecule has 0 saturated heterocycles. The molecule has 1 heteroatoms. The Morgan fingerprint density at radius 1 is 0.828 bits per heavy atom. The first kappa shape index (κ1) is 21.8. The molecule has 0 aliphatic heterocycles. The zero-order chi connectivity index (χ0) is 20.3. The highest BCUT2D eigenvalue weighted by Gasteiger charge is 2.21. The lowest BCUT2D eigenvalue weighted by molar-refractivity contribution is 0.311. The van der Waals surface area contributed by atoms with Gasteiger partial charge in [0.15, 0.2) is 0 Å². The molecule has 1 saturated carbocycles. The van der Waals surface area contributed by atoms with E-state index in [-0.39, 0.29) is 0 Å². The van der Waals surface area contributed by atoms with Crippen LogP contribution in [0.3, 0.4) is 0 Å². The first-order valence-electron chi connectivity index (χ1n) is 11.7. The largest absolute Gasteiger partial charge is 0.216 e. The van der Waals surface area contributed by atoms with Crippen LogP contribution in [0.2, 0.25) is 0 Å². The lowest BCUT2D eigenvalue weighted by atomic mass is 9.77. The minimum Gasteiger partial charge on any atom is -0.216 e. The highest BCUT2D eigenvalue weighted by Crippen LogP contribution is 2.38. The van der Waals surface area contributed by atoms with Gasteiger partial charge in [-0.05, 0) is 85.5 Å². The lowest BCUT2D eigenvalue weighted by Gasteiger charge is -2.28. The highest BCUT2D eigenvalue weighted by atomic mass is 19.1. The van der Waals surface area contributed by atoms with Crippen LogP contribution in [0.1, 0.15) is 88.2 Å². The fourth-order valence-corrected chi connectivity index (χ4v) is 4.75. The summed E-state index contributed by atoms with van der Waals surface area (Å²) in [6.45, 7) is 2.26. The highest BCUT2D eigenvalue weighted by molar-refractivity contribution is 5.64. The van der Waals surface area contributed by atoms with Crippen molar-refractivity contribution in [1.29, 1.82) is 0 Å². The molecule has 0 radical (unpaired) electrons. The molecule has 0 N–H and O–H groups in total. The fourth-order valence-electron chi connectivity index (χ4n) is 4.75. The minimum absolute atomic E-state index is 0.689. The van der Waals surface area contributed by atoms with Crippen LogP contribution in [0, 0.1) is 5.92 Å². The molecular formula is C28H37F. The molecule has 156 valence electrons. The number of rotatable bonds is 10. The first-order valence-corrected chi connectivity index (χ1v) is 11.7. The van der Waals surface area contributed by atoms with Gasteiger partial charge >= 0.3 is 0 Å². The van der Waals surface area contributed by atoms with Crippen LogP contribution in [-0.4, -0.2) is 0 Å². The Morgan fingerprint density at radius 2 is 1.48 bits per heavy atom. The molecule has 0 heterocycles. The topological polar surface area (TPSA) is 0 Å². The van der Waals surface area contributed by atoms with E-state index in [1.165, 1.54) is 80.0 Å². The molecule has 1 aliphatic rings. The Hall–Kier alpha value is -1.89. The Morgan fingerprint density at radius 3 is 2.10 bits per heavy atom. The van der Waals surface area contributed by atoms with Crippen molar-refractivity contribution in [3.05, 3.63) is 72.1 Å². The maximum atomic E-state index is 12.1. The summed E-state index contributed by atoms with van der Waals surface area (Å²) in [5.74, 6) is 1.48. The second kappa shape index (κ2) is 12.0. The summed E-state index contributed by atoms with van der Waals surface area (Å²) >= 11 is 0. The average Bonchev–Trinajstić information content (AvgIpc) is 2.78. The Kier molecular flexibility index (Phi) is 8.99. The average molecular weight is 393 g/mol. The van der Waals surface area contributed by atoms with Gasteiger partial charge in [-0.3, -0.25) is 0 Å². The van der Waals surface area contributed by atoms with Gasteiger partial charge in [-0.1, -0.05) is 80.8 Å². The summed E-state index contributed by atoms with van der Waals surface area (Å²) in [6.07, 6.45) is 16.0. The van der Waals surface area contributed by atoms with Crippen LogP contribution < -0.4 is 0 Å². The quantitative estimate of drug-likeness (QED) is 0.354. The number of allylic oxidation sites excluding steroid dienone is 1. The molecule has 29 heavy (non-hydrogen) atoms. The first-order chi connectivity index (χ1) is 14.3. The molecule has 2 aromatic rings. The van der Waals surface area contributed by atoms with E-state index in [1.807, 2.05) is 0 Å². The molecule has 0 nitrogen and oxygen atoms in total. The fraction of sp³-hybridized carbons (Fsp3) is 0.500. The smallest absolute Gasteiger partial charge is 0.0827 e. The molecule has 0 unspecified atom stereocenters. The van der Waals surface area contributed by atoms with Crippen molar-refractivity contribution in [3.8, 4) is 11.1 Å². The third kappa shape index (κ3) is 6.84. The molecule has 1 aliphatic carbocycles. The van der Waals surface area contributed by atoms with Crippen LogP contribution in [0.5, 0.6) is 0 Å². The van der Waals surface area contributed by atoms with Crippen molar-refractivity contribution in [2.24, 2.45) is 5.92 Å². The molecular weight excluding hydrogens is 355 g/mol. The van der Waals surface area contributed by atoms with E-state index in [9.17, 15) is 4.39 Å². The SMILES string of the molecule is CCCCCCc1ccc(-c2ccc(C3CCC(CC/C=C/F)CC3)cc2)cc1. The van der Waals surface area contributed by atoms with Gasteiger partial charge in [-0.2, -0.15) is 0 Å². The molecule has 3 rings (SSSR count). The van der Waals surface area contributed by atoms with E-state index in [0.717, 1.165) is 18.8 Å². The lowest BCUT2D eigenvalue weighted by Crippen LogP contribution is -2.13. The molecule has 2 aromatic carbocycles. The predicted octanol–water partition coefficient (Wildman–Crippen LogP) is 9.01. The van der Waals surface area contributed by atoms with E-state index in [2.05, 4.69) is 55.5 Å². The summed E-state index contributed by atoms with van der Waals surface area (Å²) in [7, 11) is 0. The van der Waals surface area contributed by atoms with Crippen molar-refractivity contribution >= 4 is 0 Å². The third-order valence-corrected chi connectivity index (χ3v) is 6.67. The van der Waals surface area contributed by atoms with Crippen molar-refractivity contribution < 1.29 is 4.39 Å². The molecule has 0 aromatic heterocycles. The molecule has 0 bridgehead atoms. The summed E-state index contributed by atoms with van der Waals surface area (Å²) < 4.78 is 12.1. The molecule has 0 spiro atoms. The van der Waals surface area contributed by atoms with Crippen LogP contribution >= 0.6 is 0 Å². The van der Waals surface area contributed by atoms with Crippen molar-refractivity contribution in [3.63, 3.8) is 0 Å². The number of aryl methyl sites for hydroxylation is 1. The summed E-state index contributed by atoms with van der Waals surface area (Å²) in [5, 5.41) is 0. The Labute approximate surface area is 177 Å². The van der Waals surface area contributed by atoms with Crippen LogP contribution in [0.4, 0.5) is 4.39 Å². The Bertz CT molecular complexity index is 718. The monoisotopic (exact) mass is 392 g/mol. The Balaban J connectivity index is 1.50. The predicted molar refractivity (Wildman–Crippen MR) is 124 cm³/mol. The number of hydrogen-bond acceptors (Lipinski definition) is 0. The molecule has 0 amide bonds. The third-order valence-electron chi connectivity index (χ3n) is 6.67. The van der Waals surface area contributed by atoms with E-state index >= 15 is 0 Å². The van der Waals surface area contributed by atoms with Gasteiger partial charge in [0.2, 0.25) is 0 Å². The van der Waals surface area contributed by atoms with Gasteiger partial charge in [-0.15, -0.1) is 0 Å². The van der Waals surface area contributed by atoms with Gasteiger partial charge in [-0.25, -0.2) is 4.39 Å². The van der Waals surface area contributed by atoms with Crippen LogP contribution in [0.15, 0.2) is 60.9 Å². The van der Waals surface area contributed by atoms with Crippen LogP contribution in [-0.2, 0) is 6.42 Å². The summed E-state index contributed by atoms with van der Waals surface area (Å²) in [5.41, 5.74) is 5.58. The zero-order valence-electron chi connectivity index (χ0n) is 18.1. The van der Waals surface area contributed by atoms with E-state index < -0.39 is 0 Å². The second-order valence-corrected chi connectivity index (χ2v) is 8.79. The number of unbranched alkanes of at least 4 members (excludes halogenated alkanes) is 3. The summed E-state index contributed by atoms with van der Waals surface area (Å²) in [6, 6.07) is 18.4. The van der Waals surface area contributed by atoms with Crippen molar-refractivity contribution in [1.82, 2.24) is 0 Å². The number of halogens is 1. The summed E-state index contributed by atoms with van der Waals surface area (Å²) in [4.78, 5) is 0. The van der Waals surface area contributed by atoms with E-state index in [1.54, 1.807) is 6.08 Å². The minimum atomic E-state index is 0.689. The van der Waals surface area contributed by atoms with Gasteiger partial charge < -0.3 is 0 Å².